The van der Waals surface area contributed by atoms with E-state index < -0.39 is 5.60 Å². The molecule has 1 N–H and O–H groups in total. The molecule has 9 heteroatoms. The summed E-state index contributed by atoms with van der Waals surface area (Å²) in [5.41, 5.74) is 1.61. The van der Waals surface area contributed by atoms with Crippen LogP contribution in [0.15, 0.2) is 22.7 Å². The van der Waals surface area contributed by atoms with E-state index in [9.17, 15) is 4.79 Å². The van der Waals surface area contributed by atoms with Gasteiger partial charge in [-0.2, -0.15) is 5.21 Å². The summed E-state index contributed by atoms with van der Waals surface area (Å²) in [7, 11) is 0. The highest BCUT2D eigenvalue weighted by molar-refractivity contribution is 9.10. The number of nitrogens with one attached hydrogen (secondary N) is 1. The van der Waals surface area contributed by atoms with E-state index in [2.05, 4.69) is 47.5 Å². The molecule has 2 aromatic rings. The Bertz CT molecular complexity index is 751. The van der Waals surface area contributed by atoms with Crippen LogP contribution in [0.4, 0.5) is 4.79 Å². The molecule has 3 rings (SSSR count). The third-order valence-electron chi connectivity index (χ3n) is 4.08. The Morgan fingerprint density at radius 3 is 2.62 bits per heavy atom. The number of ether oxygens (including phenoxy) is 1. The van der Waals surface area contributed by atoms with E-state index in [-0.39, 0.29) is 6.09 Å². The van der Waals surface area contributed by atoms with Gasteiger partial charge in [0.15, 0.2) is 0 Å². The fourth-order valence-electron chi connectivity index (χ4n) is 2.83. The van der Waals surface area contributed by atoms with Crippen molar-refractivity contribution >= 4 is 22.0 Å². The van der Waals surface area contributed by atoms with E-state index in [0.717, 1.165) is 35.2 Å². The molecule has 1 aromatic heterocycles. The van der Waals surface area contributed by atoms with Crippen LogP contribution in [0.3, 0.4) is 0 Å². The van der Waals surface area contributed by atoms with Gasteiger partial charge < -0.3 is 9.64 Å². The van der Waals surface area contributed by atoms with Crippen molar-refractivity contribution in [1.82, 2.24) is 30.4 Å². The van der Waals surface area contributed by atoms with Gasteiger partial charge in [-0.3, -0.25) is 4.90 Å². The Morgan fingerprint density at radius 2 is 2.00 bits per heavy atom. The van der Waals surface area contributed by atoms with E-state index in [1.807, 2.05) is 32.9 Å². The molecule has 0 radical (unpaired) electrons. The number of aromatic amines is 1. The van der Waals surface area contributed by atoms with Crippen LogP contribution in [0.5, 0.6) is 0 Å². The lowest BCUT2D eigenvalue weighted by Gasteiger charge is -2.35. The molecule has 2 heterocycles. The molecule has 1 saturated heterocycles. The molecule has 0 atom stereocenters. The predicted octanol–water partition coefficient (Wildman–Crippen LogP) is 2.68. The second-order valence-corrected chi connectivity index (χ2v) is 8.20. The second-order valence-electron chi connectivity index (χ2n) is 7.28. The number of rotatable bonds is 3. The van der Waals surface area contributed by atoms with Crippen LogP contribution in [0.1, 0.15) is 26.3 Å². The Labute approximate surface area is 161 Å². The van der Waals surface area contributed by atoms with Crippen LogP contribution in [0, 0.1) is 0 Å². The minimum Gasteiger partial charge on any atom is -0.444 e. The summed E-state index contributed by atoms with van der Waals surface area (Å²) < 4.78 is 6.42. The number of halogens is 1. The topological polar surface area (TPSA) is 87.2 Å². The van der Waals surface area contributed by atoms with Crippen molar-refractivity contribution in [3.63, 3.8) is 0 Å². The molecule has 1 aliphatic heterocycles. The van der Waals surface area contributed by atoms with Gasteiger partial charge in [-0.05, 0) is 43.7 Å². The van der Waals surface area contributed by atoms with E-state index in [0.29, 0.717) is 18.9 Å². The average molecular weight is 423 g/mol. The molecular weight excluding hydrogens is 400 g/mol. The van der Waals surface area contributed by atoms with E-state index in [4.69, 9.17) is 4.74 Å². The Morgan fingerprint density at radius 1 is 1.27 bits per heavy atom. The van der Waals surface area contributed by atoms with Crippen molar-refractivity contribution < 1.29 is 9.53 Å². The zero-order valence-electron chi connectivity index (χ0n) is 15.2. The first-order chi connectivity index (χ1) is 12.3. The van der Waals surface area contributed by atoms with Crippen molar-refractivity contribution in [1.29, 1.82) is 0 Å². The Kier molecular flexibility index (Phi) is 5.57. The van der Waals surface area contributed by atoms with Crippen LogP contribution < -0.4 is 0 Å². The fourth-order valence-corrected chi connectivity index (χ4v) is 3.19. The second kappa shape index (κ2) is 7.71. The van der Waals surface area contributed by atoms with Crippen LogP contribution in [-0.4, -0.2) is 68.3 Å². The summed E-state index contributed by atoms with van der Waals surface area (Å²) in [5, 5.41) is 14.3. The third kappa shape index (κ3) is 4.79. The molecule has 1 fully saturated rings. The van der Waals surface area contributed by atoms with Gasteiger partial charge in [0.2, 0.25) is 5.82 Å². The highest BCUT2D eigenvalue weighted by Crippen LogP contribution is 2.25. The van der Waals surface area contributed by atoms with Gasteiger partial charge in [-0.1, -0.05) is 22.0 Å². The molecule has 1 aliphatic rings. The van der Waals surface area contributed by atoms with Gasteiger partial charge in [0.05, 0.1) is 0 Å². The normalized spacial score (nSPS) is 15.9. The highest BCUT2D eigenvalue weighted by atomic mass is 79.9. The van der Waals surface area contributed by atoms with Gasteiger partial charge in [0.25, 0.3) is 0 Å². The molecule has 0 bridgehead atoms. The van der Waals surface area contributed by atoms with Crippen molar-refractivity contribution in [2.24, 2.45) is 0 Å². The SMILES string of the molecule is CC(C)(C)OC(=O)N1CCN(Cc2ccc(Br)cc2-c2nn[nH]n2)CC1. The maximum absolute atomic E-state index is 12.2. The summed E-state index contributed by atoms with van der Waals surface area (Å²) >= 11 is 3.50. The molecule has 0 saturated carbocycles. The average Bonchev–Trinajstić information content (AvgIpc) is 3.10. The van der Waals surface area contributed by atoms with E-state index in [1.54, 1.807) is 4.90 Å². The zero-order chi connectivity index (χ0) is 18.7. The summed E-state index contributed by atoms with van der Waals surface area (Å²) in [6.07, 6.45) is -0.242. The summed E-state index contributed by atoms with van der Waals surface area (Å²) in [6, 6.07) is 6.07. The number of aromatic nitrogens is 4. The van der Waals surface area contributed by atoms with Crippen LogP contribution in [0.2, 0.25) is 0 Å². The predicted molar refractivity (Wildman–Crippen MR) is 100 cm³/mol. The number of H-pyrrole nitrogens is 1. The molecule has 1 amide bonds. The minimum absolute atomic E-state index is 0.242. The van der Waals surface area contributed by atoms with Gasteiger partial charge in [-0.15, -0.1) is 10.2 Å². The molecule has 0 unspecified atom stereocenters. The molecular formula is C17H23BrN6O2. The molecule has 26 heavy (non-hydrogen) atoms. The Hall–Kier alpha value is -2.00. The molecule has 1 aromatic carbocycles. The summed E-state index contributed by atoms with van der Waals surface area (Å²) in [4.78, 5) is 16.3. The van der Waals surface area contributed by atoms with Crippen LogP contribution in [-0.2, 0) is 11.3 Å². The molecule has 0 spiro atoms. The number of piperazine rings is 1. The maximum Gasteiger partial charge on any atom is 0.410 e. The van der Waals surface area contributed by atoms with E-state index in [1.165, 1.54) is 0 Å². The monoisotopic (exact) mass is 422 g/mol. The number of hydrogen-bond donors (Lipinski definition) is 1. The number of tetrazole rings is 1. The van der Waals surface area contributed by atoms with Crippen molar-refractivity contribution in [2.75, 3.05) is 26.2 Å². The summed E-state index contributed by atoms with van der Waals surface area (Å²) in [5.74, 6) is 0.577. The number of amides is 1. The minimum atomic E-state index is -0.467. The van der Waals surface area contributed by atoms with Crippen molar-refractivity contribution in [2.45, 2.75) is 32.9 Å². The maximum atomic E-state index is 12.2. The van der Waals surface area contributed by atoms with Gasteiger partial charge in [-0.25, -0.2) is 4.79 Å². The molecule has 0 aliphatic carbocycles. The first kappa shape index (κ1) is 18.8. The van der Waals surface area contributed by atoms with Gasteiger partial charge in [0, 0.05) is 42.8 Å². The van der Waals surface area contributed by atoms with Crippen LogP contribution >= 0.6 is 15.9 Å². The van der Waals surface area contributed by atoms with Gasteiger partial charge in [0.1, 0.15) is 5.60 Å². The standard InChI is InChI=1S/C17H23BrN6O2/c1-17(2,3)26-16(25)24-8-6-23(7-9-24)11-12-4-5-13(18)10-14(12)15-19-21-22-20-15/h4-5,10H,6-9,11H2,1-3H3,(H,19,20,21,22). The third-order valence-corrected chi connectivity index (χ3v) is 4.57. The first-order valence-electron chi connectivity index (χ1n) is 8.54. The highest BCUT2D eigenvalue weighted by Gasteiger charge is 2.26. The number of nitrogens with zero attached hydrogens (tertiary/aromatic N) is 5. The Balaban J connectivity index is 1.63. The lowest BCUT2D eigenvalue weighted by atomic mass is 10.1. The number of benzene rings is 1. The molecule has 8 nitrogen and oxygen atoms in total. The van der Waals surface area contributed by atoms with Crippen molar-refractivity contribution in [3.05, 3.63) is 28.2 Å². The fraction of sp³-hybridized carbons (Fsp3) is 0.529. The number of carbonyl (C=O) groups is 1. The lowest BCUT2D eigenvalue weighted by molar-refractivity contribution is 0.0139. The first-order valence-corrected chi connectivity index (χ1v) is 9.34. The number of carbonyl (C=O) groups excluding carboxylic acids is 1. The van der Waals surface area contributed by atoms with Crippen LogP contribution in [0.25, 0.3) is 11.4 Å². The zero-order valence-corrected chi connectivity index (χ0v) is 16.8. The smallest absolute Gasteiger partial charge is 0.410 e. The number of hydrogen-bond acceptors (Lipinski definition) is 6. The largest absolute Gasteiger partial charge is 0.444 e. The molecule has 140 valence electrons. The quantitative estimate of drug-likeness (QED) is 0.817. The lowest BCUT2D eigenvalue weighted by Crippen LogP contribution is -2.49. The van der Waals surface area contributed by atoms with Gasteiger partial charge >= 0.3 is 6.09 Å². The van der Waals surface area contributed by atoms with Crippen molar-refractivity contribution in [3.8, 4) is 11.4 Å². The van der Waals surface area contributed by atoms with E-state index >= 15 is 0 Å². The summed E-state index contributed by atoms with van der Waals surface area (Å²) in [6.45, 7) is 9.31.